The Bertz CT molecular complexity index is 541. The molecule has 0 nitrogen and oxygen atoms in total. The fourth-order valence-electron chi connectivity index (χ4n) is 2.79. The van der Waals surface area contributed by atoms with E-state index in [1.165, 1.54) is 45.2 Å². The summed E-state index contributed by atoms with van der Waals surface area (Å²) in [7, 11) is 0. The molecule has 0 bridgehead atoms. The molecule has 0 spiro atoms. The van der Waals surface area contributed by atoms with Crippen molar-refractivity contribution in [1.29, 1.82) is 0 Å². The summed E-state index contributed by atoms with van der Waals surface area (Å²) in [5.74, 6) is 0. The van der Waals surface area contributed by atoms with Crippen LogP contribution in [0.5, 0.6) is 0 Å². The molecule has 2 heterocycles. The maximum atomic E-state index is 2.40. The third-order valence-electron chi connectivity index (χ3n) is 5.77. The van der Waals surface area contributed by atoms with E-state index in [2.05, 4.69) is 65.8 Å². The van der Waals surface area contributed by atoms with Gasteiger partial charge in [0.2, 0.25) is 0 Å². The van der Waals surface area contributed by atoms with E-state index < -0.39 is 0 Å². The first-order valence-corrected chi connectivity index (χ1v) is 10.3. The van der Waals surface area contributed by atoms with Gasteiger partial charge in [-0.2, -0.15) is 0 Å². The summed E-state index contributed by atoms with van der Waals surface area (Å²) in [6.07, 6.45) is 4.84. The van der Waals surface area contributed by atoms with Gasteiger partial charge in [-0.25, -0.2) is 0 Å². The Hall–Kier alpha value is -0.600. The average molecular weight is 335 g/mol. The molecule has 0 saturated heterocycles. The second kappa shape index (κ2) is 6.88. The zero-order chi connectivity index (χ0) is 16.4. The van der Waals surface area contributed by atoms with Crippen LogP contribution in [0.3, 0.4) is 0 Å². The van der Waals surface area contributed by atoms with Gasteiger partial charge in [-0.3, -0.25) is 0 Å². The van der Waals surface area contributed by atoms with Gasteiger partial charge >= 0.3 is 0 Å². The van der Waals surface area contributed by atoms with Gasteiger partial charge in [0.1, 0.15) is 0 Å². The molecule has 2 heteroatoms. The molecule has 0 aliphatic rings. The van der Waals surface area contributed by atoms with Crippen molar-refractivity contribution in [2.24, 2.45) is 0 Å². The molecule has 2 aromatic heterocycles. The Morgan fingerprint density at radius 3 is 1.23 bits per heavy atom. The maximum absolute atomic E-state index is 2.40. The van der Waals surface area contributed by atoms with E-state index in [0.29, 0.717) is 10.8 Å². The highest BCUT2D eigenvalue weighted by Crippen LogP contribution is 2.43. The zero-order valence-corrected chi connectivity index (χ0v) is 16.6. The Balaban J connectivity index is 2.31. The van der Waals surface area contributed by atoms with Crippen LogP contribution in [0.15, 0.2) is 24.3 Å². The van der Waals surface area contributed by atoms with Gasteiger partial charge in [-0.05, 0) is 49.9 Å². The number of thiophene rings is 2. The molecule has 122 valence electrons. The molecule has 0 unspecified atom stereocenters. The van der Waals surface area contributed by atoms with Crippen LogP contribution in [0.25, 0.3) is 9.75 Å². The minimum Gasteiger partial charge on any atom is -0.139 e. The summed E-state index contributed by atoms with van der Waals surface area (Å²) >= 11 is 3.98. The molecule has 22 heavy (non-hydrogen) atoms. The predicted molar refractivity (Wildman–Crippen MR) is 104 cm³/mol. The van der Waals surface area contributed by atoms with Gasteiger partial charge in [-0.15, -0.1) is 22.7 Å². The molecular formula is C20H30S2. The Kier molecular flexibility index (Phi) is 5.55. The second-order valence-electron chi connectivity index (χ2n) is 6.86. The van der Waals surface area contributed by atoms with Gasteiger partial charge in [0.15, 0.2) is 0 Å². The molecule has 2 aromatic rings. The van der Waals surface area contributed by atoms with E-state index in [9.17, 15) is 0 Å². The summed E-state index contributed by atoms with van der Waals surface area (Å²) in [5, 5.41) is 0. The lowest BCUT2D eigenvalue weighted by Crippen LogP contribution is -2.17. The molecule has 0 N–H and O–H groups in total. The van der Waals surface area contributed by atoms with Crippen LogP contribution in [-0.2, 0) is 10.8 Å². The average Bonchev–Trinajstić information content (AvgIpc) is 3.22. The van der Waals surface area contributed by atoms with Gasteiger partial charge in [0.25, 0.3) is 0 Å². The zero-order valence-electron chi connectivity index (χ0n) is 15.0. The van der Waals surface area contributed by atoms with Gasteiger partial charge < -0.3 is 0 Å². The monoisotopic (exact) mass is 334 g/mol. The molecule has 0 atom stereocenters. The molecule has 0 fully saturated rings. The van der Waals surface area contributed by atoms with Gasteiger partial charge in [0.05, 0.1) is 0 Å². The highest BCUT2D eigenvalue weighted by Gasteiger charge is 2.26. The van der Waals surface area contributed by atoms with E-state index in [0.717, 1.165) is 0 Å². The number of rotatable bonds is 7. The fraction of sp³-hybridized carbons (Fsp3) is 0.600. The van der Waals surface area contributed by atoms with E-state index in [-0.39, 0.29) is 0 Å². The fourth-order valence-corrected chi connectivity index (χ4v) is 5.46. The van der Waals surface area contributed by atoms with Crippen LogP contribution in [-0.4, -0.2) is 0 Å². The SMILES string of the molecule is CCC(C)(CC)c1ccc(-c2ccc(C(C)(CC)CC)s2)s1. The highest BCUT2D eigenvalue weighted by atomic mass is 32.1. The summed E-state index contributed by atoms with van der Waals surface area (Å²) in [4.78, 5) is 5.95. The minimum atomic E-state index is 0.338. The van der Waals surface area contributed by atoms with Gasteiger partial charge in [-0.1, -0.05) is 41.5 Å². The van der Waals surface area contributed by atoms with Crippen molar-refractivity contribution in [3.8, 4) is 9.75 Å². The maximum Gasteiger partial charge on any atom is 0.0445 e. The van der Waals surface area contributed by atoms with Crippen molar-refractivity contribution in [2.45, 2.75) is 78.1 Å². The summed E-state index contributed by atoms with van der Waals surface area (Å²) in [6.45, 7) is 14.0. The Labute approximate surface area is 144 Å². The van der Waals surface area contributed by atoms with Crippen LogP contribution in [0, 0.1) is 0 Å². The van der Waals surface area contributed by atoms with E-state index in [1.54, 1.807) is 0 Å². The molecular weight excluding hydrogens is 304 g/mol. The molecule has 0 amide bonds. The van der Waals surface area contributed by atoms with E-state index >= 15 is 0 Å². The van der Waals surface area contributed by atoms with Crippen molar-refractivity contribution < 1.29 is 0 Å². The van der Waals surface area contributed by atoms with Crippen LogP contribution >= 0.6 is 22.7 Å². The number of hydrogen-bond acceptors (Lipinski definition) is 2. The lowest BCUT2D eigenvalue weighted by molar-refractivity contribution is 0.448. The summed E-state index contributed by atoms with van der Waals surface area (Å²) < 4.78 is 0. The smallest absolute Gasteiger partial charge is 0.0445 e. The Morgan fingerprint density at radius 2 is 0.955 bits per heavy atom. The first-order chi connectivity index (χ1) is 10.4. The van der Waals surface area contributed by atoms with Crippen LogP contribution in [0.1, 0.15) is 77.0 Å². The van der Waals surface area contributed by atoms with Crippen molar-refractivity contribution in [3.05, 3.63) is 34.0 Å². The molecule has 0 aromatic carbocycles. The van der Waals surface area contributed by atoms with Gasteiger partial charge in [0, 0.05) is 30.3 Å². The third-order valence-corrected chi connectivity index (χ3v) is 8.74. The minimum absolute atomic E-state index is 0.338. The van der Waals surface area contributed by atoms with Crippen molar-refractivity contribution in [1.82, 2.24) is 0 Å². The topological polar surface area (TPSA) is 0 Å². The first kappa shape index (κ1) is 17.7. The van der Waals surface area contributed by atoms with Crippen LogP contribution in [0.4, 0.5) is 0 Å². The number of hydrogen-bond donors (Lipinski definition) is 0. The quantitative estimate of drug-likeness (QED) is 0.488. The van der Waals surface area contributed by atoms with Crippen molar-refractivity contribution in [2.75, 3.05) is 0 Å². The molecule has 0 aliphatic heterocycles. The van der Waals surface area contributed by atoms with Crippen molar-refractivity contribution in [3.63, 3.8) is 0 Å². The van der Waals surface area contributed by atoms with Crippen LogP contribution in [0.2, 0.25) is 0 Å². The Morgan fingerprint density at radius 1 is 0.636 bits per heavy atom. The molecule has 2 rings (SSSR count). The van der Waals surface area contributed by atoms with E-state index in [4.69, 9.17) is 0 Å². The molecule has 0 radical (unpaired) electrons. The predicted octanol–water partition coefficient (Wildman–Crippen LogP) is 7.63. The largest absolute Gasteiger partial charge is 0.139 e. The molecule has 0 aliphatic carbocycles. The van der Waals surface area contributed by atoms with Crippen LogP contribution < -0.4 is 0 Å². The third kappa shape index (κ3) is 3.19. The highest BCUT2D eigenvalue weighted by molar-refractivity contribution is 7.22. The first-order valence-electron chi connectivity index (χ1n) is 8.63. The lowest BCUT2D eigenvalue weighted by atomic mass is 9.83. The molecule has 0 saturated carbocycles. The standard InChI is InChI=1S/C20H30S2/c1-7-19(5,8-2)17-13-11-15(21-17)16-12-14-18(22-16)20(6,9-3)10-4/h11-14H,7-10H2,1-6H3. The summed E-state index contributed by atoms with van der Waals surface area (Å²) in [6, 6.07) is 9.36. The normalized spacial score (nSPS) is 12.8. The lowest BCUT2D eigenvalue weighted by Gasteiger charge is -2.25. The van der Waals surface area contributed by atoms with E-state index in [1.807, 2.05) is 22.7 Å². The van der Waals surface area contributed by atoms with Crippen molar-refractivity contribution >= 4 is 22.7 Å². The summed E-state index contributed by atoms with van der Waals surface area (Å²) in [5.41, 5.74) is 0.675. The second-order valence-corrected chi connectivity index (χ2v) is 9.03.